The summed E-state index contributed by atoms with van der Waals surface area (Å²) in [6, 6.07) is 3.88. The predicted octanol–water partition coefficient (Wildman–Crippen LogP) is 2.14. The Morgan fingerprint density at radius 3 is 2.58 bits per heavy atom. The van der Waals surface area contributed by atoms with E-state index in [0.717, 1.165) is 23.4 Å². The minimum atomic E-state index is -0.363. The van der Waals surface area contributed by atoms with Crippen molar-refractivity contribution in [3.8, 4) is 0 Å². The van der Waals surface area contributed by atoms with Crippen LogP contribution in [0.4, 0.5) is 0 Å². The van der Waals surface area contributed by atoms with Gasteiger partial charge in [0.05, 0.1) is 6.10 Å². The highest BCUT2D eigenvalue weighted by atomic mass is 16.3. The van der Waals surface area contributed by atoms with Crippen molar-refractivity contribution in [2.24, 2.45) is 0 Å². The van der Waals surface area contributed by atoms with Crippen LogP contribution in [0.15, 0.2) is 12.1 Å². The topological polar surface area (TPSA) is 33.1 Å². The Hall–Kier alpha value is -0.890. The van der Waals surface area contributed by atoms with Crippen molar-refractivity contribution in [1.82, 2.24) is 4.98 Å². The first-order chi connectivity index (χ1) is 5.65. The molecule has 12 heavy (non-hydrogen) atoms. The highest BCUT2D eigenvalue weighted by Crippen LogP contribution is 2.18. The second-order valence-electron chi connectivity index (χ2n) is 3.05. The lowest BCUT2D eigenvalue weighted by atomic mass is 10.1. The summed E-state index contributed by atoms with van der Waals surface area (Å²) in [5, 5.41) is 9.56. The maximum Gasteiger partial charge on any atom is 0.0804 e. The first-order valence-corrected chi connectivity index (χ1v) is 4.27. The Balaban J connectivity index is 3.01. The van der Waals surface area contributed by atoms with E-state index < -0.39 is 0 Å². The lowest BCUT2D eigenvalue weighted by Crippen LogP contribution is -2.00. The molecule has 0 aliphatic carbocycles. The van der Waals surface area contributed by atoms with Crippen molar-refractivity contribution >= 4 is 0 Å². The Morgan fingerprint density at radius 2 is 2.08 bits per heavy atom. The quantitative estimate of drug-likeness (QED) is 0.728. The normalized spacial score (nSPS) is 13.0. The van der Waals surface area contributed by atoms with Gasteiger partial charge < -0.3 is 5.11 Å². The number of aliphatic hydroxyl groups excluding tert-OH is 1. The highest BCUT2D eigenvalue weighted by Gasteiger charge is 2.07. The van der Waals surface area contributed by atoms with E-state index in [1.165, 1.54) is 0 Å². The van der Waals surface area contributed by atoms with Gasteiger partial charge in [-0.3, -0.25) is 4.98 Å². The zero-order chi connectivity index (χ0) is 9.14. The summed E-state index contributed by atoms with van der Waals surface area (Å²) in [6.45, 7) is 5.85. The van der Waals surface area contributed by atoms with E-state index in [1.807, 2.05) is 32.9 Å². The minimum Gasteiger partial charge on any atom is -0.388 e. The van der Waals surface area contributed by atoms with Crippen molar-refractivity contribution in [2.45, 2.75) is 33.3 Å². The Kier molecular flexibility index (Phi) is 2.82. The first-order valence-electron chi connectivity index (χ1n) is 4.27. The zero-order valence-electron chi connectivity index (χ0n) is 7.83. The molecule has 2 nitrogen and oxygen atoms in total. The molecule has 2 heteroatoms. The molecule has 0 spiro atoms. The van der Waals surface area contributed by atoms with Crippen LogP contribution in [0.25, 0.3) is 0 Å². The molecule has 1 heterocycles. The lowest BCUT2D eigenvalue weighted by molar-refractivity contribution is 0.172. The second kappa shape index (κ2) is 3.68. The smallest absolute Gasteiger partial charge is 0.0804 e. The van der Waals surface area contributed by atoms with Crippen molar-refractivity contribution in [2.75, 3.05) is 0 Å². The lowest BCUT2D eigenvalue weighted by Gasteiger charge is -2.10. The van der Waals surface area contributed by atoms with Crippen LogP contribution >= 0.6 is 0 Å². The number of pyridine rings is 1. The van der Waals surface area contributed by atoms with Crippen LogP contribution in [0.1, 0.15) is 36.4 Å². The molecular weight excluding hydrogens is 150 g/mol. The molecule has 1 atom stereocenters. The largest absolute Gasteiger partial charge is 0.388 e. The summed E-state index contributed by atoms with van der Waals surface area (Å²) >= 11 is 0. The van der Waals surface area contributed by atoms with Gasteiger partial charge in [-0.15, -0.1) is 0 Å². The molecule has 0 aromatic carbocycles. The number of aryl methyl sites for hydroxylation is 2. The third kappa shape index (κ3) is 1.83. The minimum absolute atomic E-state index is 0.363. The molecule has 0 fully saturated rings. The van der Waals surface area contributed by atoms with E-state index in [-0.39, 0.29) is 6.10 Å². The van der Waals surface area contributed by atoms with Crippen LogP contribution in [0.5, 0.6) is 0 Å². The zero-order valence-corrected chi connectivity index (χ0v) is 7.83. The van der Waals surface area contributed by atoms with E-state index in [2.05, 4.69) is 4.98 Å². The van der Waals surface area contributed by atoms with Gasteiger partial charge in [-0.2, -0.15) is 0 Å². The van der Waals surface area contributed by atoms with Crippen molar-refractivity contribution in [3.05, 3.63) is 29.1 Å². The Morgan fingerprint density at radius 1 is 1.42 bits per heavy atom. The number of hydrogen-bond donors (Lipinski definition) is 1. The third-order valence-electron chi connectivity index (χ3n) is 2.01. The summed E-state index contributed by atoms with van der Waals surface area (Å²) in [4.78, 5) is 4.28. The van der Waals surface area contributed by atoms with Gasteiger partial charge in [0.2, 0.25) is 0 Å². The molecule has 0 saturated carbocycles. The molecule has 0 aliphatic heterocycles. The molecule has 0 saturated heterocycles. The number of aliphatic hydroxyl groups is 1. The number of aromatic nitrogens is 1. The van der Waals surface area contributed by atoms with E-state index in [1.54, 1.807) is 0 Å². The fourth-order valence-corrected chi connectivity index (χ4v) is 1.27. The average molecular weight is 165 g/mol. The number of rotatable bonds is 2. The molecule has 0 aliphatic rings. The van der Waals surface area contributed by atoms with Crippen molar-refractivity contribution in [3.63, 3.8) is 0 Å². The second-order valence-corrected chi connectivity index (χ2v) is 3.05. The Bertz CT molecular complexity index is 271. The van der Waals surface area contributed by atoms with Crippen LogP contribution in [-0.4, -0.2) is 10.1 Å². The van der Waals surface area contributed by atoms with Crippen LogP contribution in [-0.2, 0) is 0 Å². The van der Waals surface area contributed by atoms with Gasteiger partial charge in [-0.1, -0.05) is 13.0 Å². The highest BCUT2D eigenvalue weighted by molar-refractivity contribution is 5.23. The van der Waals surface area contributed by atoms with Crippen molar-refractivity contribution < 1.29 is 5.11 Å². The van der Waals surface area contributed by atoms with Gasteiger partial charge in [0.25, 0.3) is 0 Å². The van der Waals surface area contributed by atoms with Gasteiger partial charge in [-0.05, 0) is 26.3 Å². The summed E-state index contributed by atoms with van der Waals surface area (Å²) in [7, 11) is 0. The number of nitrogens with zero attached hydrogens (tertiary/aromatic N) is 1. The van der Waals surface area contributed by atoms with Crippen LogP contribution in [0, 0.1) is 13.8 Å². The fraction of sp³-hybridized carbons (Fsp3) is 0.500. The molecule has 1 aromatic heterocycles. The maximum absolute atomic E-state index is 9.56. The van der Waals surface area contributed by atoms with E-state index in [9.17, 15) is 5.11 Å². The molecule has 1 unspecified atom stereocenters. The Labute approximate surface area is 73.3 Å². The van der Waals surface area contributed by atoms with Gasteiger partial charge in [0.15, 0.2) is 0 Å². The van der Waals surface area contributed by atoms with Gasteiger partial charge in [-0.25, -0.2) is 0 Å². The van der Waals surface area contributed by atoms with Crippen molar-refractivity contribution in [1.29, 1.82) is 0 Å². The molecule has 1 aromatic rings. The monoisotopic (exact) mass is 165 g/mol. The summed E-state index contributed by atoms with van der Waals surface area (Å²) in [5.41, 5.74) is 2.88. The SMILES string of the molecule is CCC(O)c1ccc(C)nc1C. The summed E-state index contributed by atoms with van der Waals surface area (Å²) < 4.78 is 0. The molecule has 0 amide bonds. The third-order valence-corrected chi connectivity index (χ3v) is 2.01. The van der Waals surface area contributed by atoms with Gasteiger partial charge in [0, 0.05) is 17.0 Å². The van der Waals surface area contributed by atoms with E-state index in [4.69, 9.17) is 0 Å². The van der Waals surface area contributed by atoms with Gasteiger partial charge >= 0.3 is 0 Å². The number of hydrogen-bond acceptors (Lipinski definition) is 2. The van der Waals surface area contributed by atoms with Crippen LogP contribution in [0.3, 0.4) is 0 Å². The first kappa shape index (κ1) is 9.20. The molecule has 66 valence electrons. The molecule has 0 bridgehead atoms. The van der Waals surface area contributed by atoms with Crippen LogP contribution < -0.4 is 0 Å². The van der Waals surface area contributed by atoms with Gasteiger partial charge in [0.1, 0.15) is 0 Å². The van der Waals surface area contributed by atoms with Crippen LogP contribution in [0.2, 0.25) is 0 Å². The summed E-state index contributed by atoms with van der Waals surface area (Å²) in [6.07, 6.45) is 0.379. The average Bonchev–Trinajstić information content (AvgIpc) is 2.03. The fourth-order valence-electron chi connectivity index (χ4n) is 1.27. The summed E-state index contributed by atoms with van der Waals surface area (Å²) in [5.74, 6) is 0. The molecule has 1 rings (SSSR count). The van der Waals surface area contributed by atoms with E-state index >= 15 is 0 Å². The van der Waals surface area contributed by atoms with E-state index in [0.29, 0.717) is 0 Å². The standard InChI is InChI=1S/C10H15NO/c1-4-10(12)9-6-5-7(2)11-8(9)3/h5-6,10,12H,4H2,1-3H3. The molecule has 0 radical (unpaired) electrons. The predicted molar refractivity (Wildman–Crippen MR) is 49.0 cm³/mol. The molecular formula is C10H15NO. The molecule has 1 N–H and O–H groups in total. The maximum atomic E-state index is 9.56.